The van der Waals surface area contributed by atoms with E-state index in [-0.39, 0.29) is 17.6 Å². The molecule has 9 heteroatoms. The van der Waals surface area contributed by atoms with Gasteiger partial charge in [0.15, 0.2) is 5.76 Å². The molecule has 0 spiro atoms. The van der Waals surface area contributed by atoms with Crippen LogP contribution in [-0.2, 0) is 4.79 Å². The van der Waals surface area contributed by atoms with E-state index in [9.17, 15) is 22.8 Å². The molecule has 24 heavy (non-hydrogen) atoms. The molecule has 1 aliphatic carbocycles. The fourth-order valence-corrected chi connectivity index (χ4v) is 3.23. The number of alkyl halides is 3. The Bertz CT molecular complexity index is 678. The monoisotopic (exact) mass is 343 g/mol. The summed E-state index contributed by atoms with van der Waals surface area (Å²) in [6.07, 6.45) is -0.970. The van der Waals surface area contributed by atoms with E-state index in [1.165, 1.54) is 19.1 Å². The number of amidine groups is 1. The van der Waals surface area contributed by atoms with Crippen LogP contribution in [0, 0.1) is 0 Å². The van der Waals surface area contributed by atoms with E-state index < -0.39 is 23.7 Å². The summed E-state index contributed by atoms with van der Waals surface area (Å²) in [6.45, 7) is 1.35. The molecule has 3 rings (SSSR count). The summed E-state index contributed by atoms with van der Waals surface area (Å²) in [5.41, 5.74) is -3.30. The molecule has 1 aromatic heterocycles. The normalized spacial score (nSPS) is 25.2. The molecule has 6 nitrogen and oxygen atoms in total. The average molecular weight is 343 g/mol. The van der Waals surface area contributed by atoms with Gasteiger partial charge in [-0.2, -0.15) is 13.2 Å². The first-order chi connectivity index (χ1) is 11.3. The maximum Gasteiger partial charge on any atom is 0.442 e. The van der Waals surface area contributed by atoms with Gasteiger partial charge in [0.25, 0.3) is 11.8 Å². The molecule has 1 unspecified atom stereocenters. The molecule has 1 aliphatic heterocycles. The standard InChI is InChI=1S/C15H16F3N3O3/c1-9-19-14(15(16,17)18,20-12(22)11-7-4-8-24-11)13(23)21(9)10-5-2-3-6-10/h4,7-8,10H,2-3,5-6H2,1H3,(H,20,22). The molecule has 2 amide bonds. The van der Waals surface area contributed by atoms with Gasteiger partial charge in [0.1, 0.15) is 5.84 Å². The van der Waals surface area contributed by atoms with E-state index in [4.69, 9.17) is 4.42 Å². The lowest BCUT2D eigenvalue weighted by molar-refractivity contribution is -0.196. The van der Waals surface area contributed by atoms with Crippen molar-refractivity contribution >= 4 is 17.6 Å². The van der Waals surface area contributed by atoms with Gasteiger partial charge < -0.3 is 9.73 Å². The highest BCUT2D eigenvalue weighted by Gasteiger charge is 2.67. The third-order valence-electron chi connectivity index (χ3n) is 4.35. The Hall–Kier alpha value is -2.32. The molecule has 1 fully saturated rings. The van der Waals surface area contributed by atoms with E-state index in [1.807, 2.05) is 0 Å². The molecule has 0 saturated heterocycles. The first-order valence-corrected chi connectivity index (χ1v) is 7.59. The summed E-state index contributed by atoms with van der Waals surface area (Å²) in [7, 11) is 0. The van der Waals surface area contributed by atoms with Gasteiger partial charge >= 0.3 is 11.8 Å². The third kappa shape index (κ3) is 2.47. The quantitative estimate of drug-likeness (QED) is 0.916. The molecular weight excluding hydrogens is 327 g/mol. The van der Waals surface area contributed by atoms with Gasteiger partial charge in [-0.25, -0.2) is 4.99 Å². The summed E-state index contributed by atoms with van der Waals surface area (Å²) in [5, 5.41) is 1.73. The predicted molar refractivity (Wildman–Crippen MR) is 77.2 cm³/mol. The molecular formula is C15H16F3N3O3. The largest absolute Gasteiger partial charge is 0.459 e. The second kappa shape index (κ2) is 5.64. The van der Waals surface area contributed by atoms with Crippen LogP contribution >= 0.6 is 0 Å². The van der Waals surface area contributed by atoms with E-state index in [0.717, 1.165) is 24.0 Å². The van der Waals surface area contributed by atoms with E-state index >= 15 is 0 Å². The molecule has 1 aromatic rings. The SMILES string of the molecule is CC1=NC(NC(=O)c2ccco2)(C(F)(F)F)C(=O)N1C1CCCC1. The van der Waals surface area contributed by atoms with Crippen LogP contribution in [0.2, 0.25) is 0 Å². The zero-order valence-electron chi connectivity index (χ0n) is 12.9. The Labute approximate surface area is 135 Å². The highest BCUT2D eigenvalue weighted by molar-refractivity contribution is 6.10. The average Bonchev–Trinajstić information content (AvgIpc) is 3.20. The van der Waals surface area contributed by atoms with Gasteiger partial charge in [-0.15, -0.1) is 0 Å². The van der Waals surface area contributed by atoms with Gasteiger partial charge in [-0.3, -0.25) is 14.5 Å². The number of nitrogens with one attached hydrogen (secondary N) is 1. The number of furan rings is 1. The maximum atomic E-state index is 13.7. The predicted octanol–water partition coefficient (Wildman–Crippen LogP) is 2.47. The van der Waals surface area contributed by atoms with Gasteiger partial charge in [-0.1, -0.05) is 12.8 Å². The Morgan fingerprint density at radius 1 is 1.42 bits per heavy atom. The molecule has 1 saturated carbocycles. The number of amides is 2. The summed E-state index contributed by atoms with van der Waals surface area (Å²) in [6, 6.07) is 2.26. The van der Waals surface area contributed by atoms with E-state index in [0.29, 0.717) is 12.8 Å². The van der Waals surface area contributed by atoms with Crippen molar-refractivity contribution in [3.8, 4) is 0 Å². The van der Waals surface area contributed by atoms with Crippen molar-refractivity contribution in [3.05, 3.63) is 24.2 Å². The first kappa shape index (κ1) is 16.5. The van der Waals surface area contributed by atoms with Crippen LogP contribution in [0.25, 0.3) is 0 Å². The zero-order chi connectivity index (χ0) is 17.5. The molecule has 2 aliphatic rings. The molecule has 1 N–H and O–H groups in total. The van der Waals surface area contributed by atoms with Gasteiger partial charge in [0.05, 0.1) is 6.26 Å². The fourth-order valence-electron chi connectivity index (χ4n) is 3.23. The highest BCUT2D eigenvalue weighted by Crippen LogP contribution is 2.40. The molecule has 2 heterocycles. The minimum absolute atomic E-state index is 0.0380. The maximum absolute atomic E-state index is 13.7. The Morgan fingerprint density at radius 2 is 2.08 bits per heavy atom. The Kier molecular flexibility index (Phi) is 3.89. The van der Waals surface area contributed by atoms with Crippen LogP contribution in [0.4, 0.5) is 13.2 Å². The van der Waals surface area contributed by atoms with Crippen LogP contribution in [0.3, 0.4) is 0 Å². The van der Waals surface area contributed by atoms with Gasteiger partial charge in [-0.05, 0) is 31.9 Å². The number of carbonyl (C=O) groups is 2. The second-order valence-electron chi connectivity index (χ2n) is 5.91. The Morgan fingerprint density at radius 3 is 2.62 bits per heavy atom. The minimum atomic E-state index is -5.07. The van der Waals surface area contributed by atoms with Crippen molar-refractivity contribution in [1.82, 2.24) is 10.2 Å². The number of hydrogen-bond acceptors (Lipinski definition) is 4. The van der Waals surface area contributed by atoms with Crippen molar-refractivity contribution < 1.29 is 27.2 Å². The van der Waals surface area contributed by atoms with Crippen LogP contribution in [0.1, 0.15) is 43.2 Å². The highest BCUT2D eigenvalue weighted by atomic mass is 19.4. The lowest BCUT2D eigenvalue weighted by Crippen LogP contribution is -2.64. The molecule has 0 aromatic carbocycles. The van der Waals surface area contributed by atoms with Crippen LogP contribution in [0.15, 0.2) is 27.8 Å². The summed E-state index contributed by atoms with van der Waals surface area (Å²) in [5.74, 6) is -2.77. The number of hydrogen-bond donors (Lipinski definition) is 1. The number of nitrogens with zero attached hydrogens (tertiary/aromatic N) is 2. The van der Waals surface area contributed by atoms with Crippen molar-refractivity contribution in [1.29, 1.82) is 0 Å². The topological polar surface area (TPSA) is 74.9 Å². The van der Waals surface area contributed by atoms with Crippen LogP contribution < -0.4 is 5.32 Å². The van der Waals surface area contributed by atoms with E-state index in [1.54, 1.807) is 5.32 Å². The number of aliphatic imine (C=N–C) groups is 1. The molecule has 0 radical (unpaired) electrons. The van der Waals surface area contributed by atoms with Crippen molar-refractivity contribution in [3.63, 3.8) is 0 Å². The summed E-state index contributed by atoms with van der Waals surface area (Å²) >= 11 is 0. The summed E-state index contributed by atoms with van der Waals surface area (Å²) in [4.78, 5) is 29.3. The lowest BCUT2D eigenvalue weighted by Gasteiger charge is -2.31. The van der Waals surface area contributed by atoms with Crippen molar-refractivity contribution in [2.75, 3.05) is 0 Å². The fraction of sp³-hybridized carbons (Fsp3) is 0.533. The minimum Gasteiger partial charge on any atom is -0.459 e. The Balaban J connectivity index is 1.95. The number of rotatable bonds is 3. The van der Waals surface area contributed by atoms with Crippen molar-refractivity contribution in [2.24, 2.45) is 4.99 Å². The van der Waals surface area contributed by atoms with Crippen molar-refractivity contribution in [2.45, 2.75) is 50.5 Å². The first-order valence-electron chi connectivity index (χ1n) is 7.59. The van der Waals surface area contributed by atoms with Crippen LogP contribution in [0.5, 0.6) is 0 Å². The zero-order valence-corrected chi connectivity index (χ0v) is 12.9. The number of halogens is 3. The lowest BCUT2D eigenvalue weighted by atomic mass is 10.1. The second-order valence-corrected chi connectivity index (χ2v) is 5.91. The van der Waals surface area contributed by atoms with Gasteiger partial charge in [0, 0.05) is 6.04 Å². The third-order valence-corrected chi connectivity index (χ3v) is 4.35. The smallest absolute Gasteiger partial charge is 0.442 e. The van der Waals surface area contributed by atoms with E-state index in [2.05, 4.69) is 4.99 Å². The molecule has 130 valence electrons. The molecule has 1 atom stereocenters. The number of carbonyl (C=O) groups excluding carboxylic acids is 2. The summed E-state index contributed by atoms with van der Waals surface area (Å²) < 4.78 is 45.9. The molecule has 0 bridgehead atoms. The van der Waals surface area contributed by atoms with Gasteiger partial charge in [0.2, 0.25) is 0 Å². The van der Waals surface area contributed by atoms with Crippen LogP contribution in [-0.4, -0.2) is 40.4 Å².